The monoisotopic (exact) mass is 296 g/mol. The molecule has 0 bridgehead atoms. The molecule has 0 aliphatic heterocycles. The van der Waals surface area contributed by atoms with Crippen LogP contribution in [0.4, 0.5) is 8.78 Å². The van der Waals surface area contributed by atoms with Crippen molar-refractivity contribution >= 4 is 10.0 Å². The largest absolute Gasteiger partial charge is 0.295 e. The van der Waals surface area contributed by atoms with Gasteiger partial charge in [-0.1, -0.05) is 0 Å². The zero-order chi connectivity index (χ0) is 14.8. The lowest BCUT2D eigenvalue weighted by Gasteiger charge is -2.18. The average molecular weight is 296 g/mol. The Morgan fingerprint density at radius 2 is 2.05 bits per heavy atom. The molecule has 1 aromatic rings. The maximum absolute atomic E-state index is 12.3. The zero-order valence-electron chi connectivity index (χ0n) is 11.0. The molecule has 0 unspecified atom stereocenters. The molecule has 1 rings (SSSR count). The van der Waals surface area contributed by atoms with Gasteiger partial charge >= 0.3 is 0 Å². The highest BCUT2D eigenvalue weighted by atomic mass is 32.2. The Hall–Kier alpha value is -1.06. The highest BCUT2D eigenvalue weighted by Gasteiger charge is 2.19. The molecular weight excluding hydrogens is 278 g/mol. The van der Waals surface area contributed by atoms with Crippen molar-refractivity contribution in [2.45, 2.75) is 37.9 Å². The van der Waals surface area contributed by atoms with Crippen molar-refractivity contribution in [3.8, 4) is 0 Å². The van der Waals surface area contributed by atoms with Gasteiger partial charge in [-0.25, -0.2) is 22.3 Å². The van der Waals surface area contributed by atoms with Crippen LogP contribution in [0.25, 0.3) is 0 Å². The fourth-order valence-corrected chi connectivity index (χ4v) is 2.19. The number of nitrogens with two attached hydrogens (primary N) is 1. The third kappa shape index (κ3) is 4.51. The van der Waals surface area contributed by atoms with Crippen LogP contribution in [0.2, 0.25) is 0 Å². The van der Waals surface area contributed by atoms with Crippen molar-refractivity contribution in [2.75, 3.05) is 13.6 Å². The fraction of sp³-hybridized carbons (Fsp3) is 0.700. The first-order chi connectivity index (χ1) is 8.61. The molecule has 0 radical (unpaired) electrons. The molecule has 0 saturated heterocycles. The first-order valence-corrected chi connectivity index (χ1v) is 7.23. The van der Waals surface area contributed by atoms with E-state index in [0.717, 1.165) is 0 Å². The number of alkyl halides is 2. The molecule has 1 aromatic heterocycles. The molecule has 6 nitrogen and oxygen atoms in total. The van der Waals surface area contributed by atoms with Gasteiger partial charge in [0, 0.05) is 18.7 Å². The molecule has 0 amide bonds. The molecule has 0 saturated carbocycles. The number of hydrogen-bond acceptors (Lipinski definition) is 4. The molecule has 19 heavy (non-hydrogen) atoms. The Labute approximate surface area is 111 Å². The third-order valence-electron chi connectivity index (χ3n) is 2.45. The Kier molecular flexibility index (Phi) is 4.99. The summed E-state index contributed by atoms with van der Waals surface area (Å²) in [6, 6.07) is 1.22. The Bertz CT molecular complexity index is 528. The van der Waals surface area contributed by atoms with Crippen molar-refractivity contribution in [3.05, 3.63) is 11.8 Å². The number of primary sulfonamides is 1. The third-order valence-corrected chi connectivity index (χ3v) is 3.24. The summed E-state index contributed by atoms with van der Waals surface area (Å²) >= 11 is 0. The minimum absolute atomic E-state index is 0.0922. The minimum atomic E-state index is -3.90. The number of rotatable bonds is 6. The summed E-state index contributed by atoms with van der Waals surface area (Å²) in [5.41, 5.74) is 0.530. The minimum Gasteiger partial charge on any atom is -0.295 e. The molecule has 1 heterocycles. The zero-order valence-corrected chi connectivity index (χ0v) is 11.9. The first-order valence-electron chi connectivity index (χ1n) is 5.69. The summed E-state index contributed by atoms with van der Waals surface area (Å²) in [7, 11) is -2.37. The number of aromatic nitrogens is 2. The van der Waals surface area contributed by atoms with Crippen molar-refractivity contribution in [2.24, 2.45) is 5.14 Å². The summed E-state index contributed by atoms with van der Waals surface area (Å²) < 4.78 is 48.5. The van der Waals surface area contributed by atoms with E-state index in [1.165, 1.54) is 22.7 Å². The van der Waals surface area contributed by atoms with Gasteiger partial charge in [0.2, 0.25) is 0 Å². The summed E-state index contributed by atoms with van der Waals surface area (Å²) in [6.07, 6.45) is -2.45. The van der Waals surface area contributed by atoms with Gasteiger partial charge in [0.1, 0.15) is 0 Å². The molecule has 0 fully saturated rings. The first kappa shape index (κ1) is 16.0. The van der Waals surface area contributed by atoms with Crippen molar-refractivity contribution in [3.63, 3.8) is 0 Å². The van der Waals surface area contributed by atoms with E-state index >= 15 is 0 Å². The summed E-state index contributed by atoms with van der Waals surface area (Å²) in [5.74, 6) is 0. The maximum Gasteiger partial charge on any atom is 0.257 e. The van der Waals surface area contributed by atoms with Gasteiger partial charge in [-0.2, -0.15) is 5.10 Å². The van der Waals surface area contributed by atoms with Crippen LogP contribution in [-0.2, 0) is 16.6 Å². The van der Waals surface area contributed by atoms with Gasteiger partial charge in [-0.05, 0) is 20.9 Å². The predicted octanol–water partition coefficient (Wildman–Crippen LogP) is 0.808. The standard InChI is InChI=1S/C10H18F2N4O2S/c1-7(2)16-8(5-15(3)6-9(11)12)4-10(14-16)19(13,17)18/h4,7,9H,5-6H2,1-3H3,(H2,13,17,18). The van der Waals surface area contributed by atoms with Gasteiger partial charge in [-0.15, -0.1) is 0 Å². The summed E-state index contributed by atoms with van der Waals surface area (Å²) in [5, 5.41) is 8.67. The molecule has 0 aromatic carbocycles. The molecule has 110 valence electrons. The molecule has 0 atom stereocenters. The summed E-state index contributed by atoms with van der Waals surface area (Å²) in [6.45, 7) is 3.41. The van der Waals surface area contributed by atoms with Crippen LogP contribution in [0, 0.1) is 0 Å². The lowest BCUT2D eigenvalue weighted by Crippen LogP contribution is -2.25. The predicted molar refractivity (Wildman–Crippen MR) is 66.3 cm³/mol. The van der Waals surface area contributed by atoms with Crippen LogP contribution in [0.3, 0.4) is 0 Å². The Morgan fingerprint density at radius 3 is 2.47 bits per heavy atom. The second kappa shape index (κ2) is 5.93. The second-order valence-corrected chi connectivity index (χ2v) is 6.15. The van der Waals surface area contributed by atoms with E-state index in [0.29, 0.717) is 5.69 Å². The van der Waals surface area contributed by atoms with E-state index in [9.17, 15) is 17.2 Å². The van der Waals surface area contributed by atoms with Crippen molar-refractivity contribution < 1.29 is 17.2 Å². The molecule has 0 aliphatic rings. The summed E-state index contributed by atoms with van der Waals surface area (Å²) in [4.78, 5) is 1.40. The highest BCUT2D eigenvalue weighted by Crippen LogP contribution is 2.16. The fourth-order valence-electron chi connectivity index (χ4n) is 1.69. The van der Waals surface area contributed by atoms with Gasteiger partial charge in [-0.3, -0.25) is 9.58 Å². The number of sulfonamides is 1. The smallest absolute Gasteiger partial charge is 0.257 e. The van der Waals surface area contributed by atoms with Crippen molar-refractivity contribution in [1.29, 1.82) is 0 Å². The van der Waals surface area contributed by atoms with E-state index in [-0.39, 0.29) is 17.6 Å². The number of halogens is 2. The average Bonchev–Trinajstić information content (AvgIpc) is 2.59. The van der Waals surface area contributed by atoms with Gasteiger partial charge in [0.05, 0.1) is 12.2 Å². The molecule has 0 spiro atoms. The van der Waals surface area contributed by atoms with Crippen LogP contribution in [0.5, 0.6) is 0 Å². The van der Waals surface area contributed by atoms with Gasteiger partial charge in [0.25, 0.3) is 16.4 Å². The molecule has 9 heteroatoms. The van der Waals surface area contributed by atoms with Gasteiger partial charge in [0.15, 0.2) is 5.03 Å². The Balaban J connectivity index is 3.02. The highest BCUT2D eigenvalue weighted by molar-refractivity contribution is 7.89. The maximum atomic E-state index is 12.3. The lowest BCUT2D eigenvalue weighted by atomic mass is 10.3. The topological polar surface area (TPSA) is 81.2 Å². The Morgan fingerprint density at radius 1 is 1.47 bits per heavy atom. The number of hydrogen-bond donors (Lipinski definition) is 1. The lowest BCUT2D eigenvalue weighted by molar-refractivity contribution is 0.0962. The van der Waals surface area contributed by atoms with Gasteiger partial charge < -0.3 is 0 Å². The quantitative estimate of drug-likeness (QED) is 0.842. The van der Waals surface area contributed by atoms with Crippen molar-refractivity contribution in [1.82, 2.24) is 14.7 Å². The van der Waals surface area contributed by atoms with E-state index in [1.807, 2.05) is 13.8 Å². The van der Waals surface area contributed by atoms with E-state index in [1.54, 1.807) is 0 Å². The van der Waals surface area contributed by atoms with E-state index in [4.69, 9.17) is 5.14 Å². The van der Waals surface area contributed by atoms with E-state index < -0.39 is 23.0 Å². The normalized spacial score (nSPS) is 12.9. The van der Waals surface area contributed by atoms with Crippen LogP contribution in [0.1, 0.15) is 25.6 Å². The van der Waals surface area contributed by atoms with Crippen LogP contribution < -0.4 is 5.14 Å². The molecular formula is C10H18F2N4O2S. The SMILES string of the molecule is CC(C)n1nc(S(N)(=O)=O)cc1CN(C)CC(F)F. The van der Waals surface area contributed by atoms with Crippen LogP contribution >= 0.6 is 0 Å². The molecule has 2 N–H and O–H groups in total. The van der Waals surface area contributed by atoms with Crippen LogP contribution in [-0.4, -0.2) is 43.1 Å². The van der Waals surface area contributed by atoms with Crippen LogP contribution in [0.15, 0.2) is 11.1 Å². The second-order valence-electron chi connectivity index (χ2n) is 4.65. The molecule has 0 aliphatic carbocycles. The number of nitrogens with zero attached hydrogens (tertiary/aromatic N) is 3. The van der Waals surface area contributed by atoms with E-state index in [2.05, 4.69) is 5.10 Å².